The van der Waals surface area contributed by atoms with Crippen molar-refractivity contribution in [3.63, 3.8) is 0 Å². The lowest BCUT2D eigenvalue weighted by Gasteiger charge is -2.25. The Kier molecular flexibility index (Phi) is 2.41. The summed E-state index contributed by atoms with van der Waals surface area (Å²) in [6.07, 6.45) is 1.02. The van der Waals surface area contributed by atoms with Crippen molar-refractivity contribution in [3.05, 3.63) is 0 Å². The highest BCUT2D eigenvalue weighted by Crippen LogP contribution is 2.29. The summed E-state index contributed by atoms with van der Waals surface area (Å²) in [5.41, 5.74) is -1.01. The monoisotopic (exact) mass is 185 g/mol. The second-order valence-corrected chi connectivity index (χ2v) is 5.20. The van der Waals surface area contributed by atoms with Crippen LogP contribution in [0.15, 0.2) is 0 Å². The molecule has 0 aromatic carbocycles. The molecule has 1 aliphatic rings. The Labute approximate surface area is 79.7 Å². The molecule has 13 heavy (non-hydrogen) atoms. The number of carbonyl (C=O) groups is 1. The summed E-state index contributed by atoms with van der Waals surface area (Å²) in [4.78, 5) is 13.4. The molecule has 76 valence electrons. The van der Waals surface area contributed by atoms with Crippen molar-refractivity contribution in [2.45, 2.75) is 39.7 Å². The SMILES string of the molecule is CC1(C)CCN(C(=O)C(C)(C)O)C1. The highest BCUT2D eigenvalue weighted by atomic mass is 16.3. The van der Waals surface area contributed by atoms with Crippen LogP contribution in [0.4, 0.5) is 0 Å². The van der Waals surface area contributed by atoms with E-state index in [2.05, 4.69) is 13.8 Å². The minimum absolute atomic E-state index is 0.155. The van der Waals surface area contributed by atoms with Crippen LogP contribution in [0.3, 0.4) is 0 Å². The summed E-state index contributed by atoms with van der Waals surface area (Å²) >= 11 is 0. The average Bonchev–Trinajstić information content (AvgIpc) is 2.26. The highest BCUT2D eigenvalue weighted by molar-refractivity contribution is 5.84. The molecule has 0 saturated carbocycles. The van der Waals surface area contributed by atoms with E-state index in [0.717, 1.165) is 19.5 Å². The van der Waals surface area contributed by atoms with Gasteiger partial charge in [0.25, 0.3) is 5.91 Å². The topological polar surface area (TPSA) is 40.5 Å². The van der Waals surface area contributed by atoms with Crippen LogP contribution in [-0.4, -0.2) is 34.6 Å². The van der Waals surface area contributed by atoms with E-state index in [0.29, 0.717) is 0 Å². The number of rotatable bonds is 1. The summed E-state index contributed by atoms with van der Waals surface area (Å²) in [7, 11) is 0. The molecule has 3 heteroatoms. The van der Waals surface area contributed by atoms with E-state index in [9.17, 15) is 9.90 Å². The Morgan fingerprint density at radius 3 is 2.31 bits per heavy atom. The molecule has 0 aromatic heterocycles. The van der Waals surface area contributed by atoms with Crippen molar-refractivity contribution >= 4 is 5.91 Å². The van der Waals surface area contributed by atoms with Crippen LogP contribution >= 0.6 is 0 Å². The van der Waals surface area contributed by atoms with Crippen molar-refractivity contribution in [2.24, 2.45) is 5.41 Å². The normalized spacial score (nSPS) is 22.1. The van der Waals surface area contributed by atoms with Gasteiger partial charge in [0.1, 0.15) is 5.60 Å². The first-order chi connectivity index (χ1) is 5.72. The van der Waals surface area contributed by atoms with Gasteiger partial charge in [0.2, 0.25) is 0 Å². The van der Waals surface area contributed by atoms with Gasteiger partial charge in [-0.2, -0.15) is 0 Å². The molecular weight excluding hydrogens is 166 g/mol. The predicted molar refractivity (Wildman–Crippen MR) is 51.3 cm³/mol. The lowest BCUT2D eigenvalue weighted by molar-refractivity contribution is -0.147. The van der Waals surface area contributed by atoms with Crippen molar-refractivity contribution in [1.29, 1.82) is 0 Å². The third kappa shape index (κ3) is 2.44. The van der Waals surface area contributed by atoms with E-state index in [-0.39, 0.29) is 11.3 Å². The van der Waals surface area contributed by atoms with Gasteiger partial charge >= 0.3 is 0 Å². The van der Waals surface area contributed by atoms with Gasteiger partial charge in [-0.3, -0.25) is 4.79 Å². The van der Waals surface area contributed by atoms with Gasteiger partial charge in [-0.05, 0) is 25.7 Å². The summed E-state index contributed by atoms with van der Waals surface area (Å²) in [5, 5.41) is 9.53. The zero-order valence-electron chi connectivity index (χ0n) is 8.92. The smallest absolute Gasteiger partial charge is 0.253 e. The molecule has 1 rings (SSSR count). The molecule has 0 spiro atoms. The summed E-state index contributed by atoms with van der Waals surface area (Å²) in [5.74, 6) is -0.155. The van der Waals surface area contributed by atoms with Gasteiger partial charge in [-0.1, -0.05) is 13.8 Å². The van der Waals surface area contributed by atoms with E-state index in [4.69, 9.17) is 0 Å². The minimum atomic E-state index is -1.22. The highest BCUT2D eigenvalue weighted by Gasteiger charge is 2.37. The lowest BCUT2D eigenvalue weighted by Crippen LogP contribution is -2.44. The molecule has 1 N–H and O–H groups in total. The number of aliphatic hydroxyl groups is 1. The number of nitrogens with zero attached hydrogens (tertiary/aromatic N) is 1. The maximum absolute atomic E-state index is 11.6. The first-order valence-electron chi connectivity index (χ1n) is 4.74. The average molecular weight is 185 g/mol. The molecule has 0 atom stereocenters. The minimum Gasteiger partial charge on any atom is -0.381 e. The van der Waals surface area contributed by atoms with E-state index in [1.807, 2.05) is 0 Å². The second-order valence-electron chi connectivity index (χ2n) is 5.20. The Morgan fingerprint density at radius 2 is 2.00 bits per heavy atom. The van der Waals surface area contributed by atoms with Crippen molar-refractivity contribution < 1.29 is 9.90 Å². The molecule has 0 aromatic rings. The molecule has 1 amide bonds. The summed E-state index contributed by atoms with van der Waals surface area (Å²) in [6, 6.07) is 0. The fraction of sp³-hybridized carbons (Fsp3) is 0.900. The Balaban J connectivity index is 2.62. The lowest BCUT2D eigenvalue weighted by atomic mass is 9.93. The first-order valence-corrected chi connectivity index (χ1v) is 4.74. The van der Waals surface area contributed by atoms with Crippen molar-refractivity contribution in [1.82, 2.24) is 4.90 Å². The number of likely N-dealkylation sites (tertiary alicyclic amines) is 1. The van der Waals surface area contributed by atoms with Crippen LogP contribution in [-0.2, 0) is 4.79 Å². The molecule has 3 nitrogen and oxygen atoms in total. The van der Waals surface area contributed by atoms with E-state index < -0.39 is 5.60 Å². The van der Waals surface area contributed by atoms with Crippen molar-refractivity contribution in [2.75, 3.05) is 13.1 Å². The molecule has 1 aliphatic heterocycles. The zero-order chi connectivity index (χ0) is 10.3. The molecule has 0 radical (unpaired) electrons. The van der Waals surface area contributed by atoms with Gasteiger partial charge in [0, 0.05) is 13.1 Å². The third-order valence-corrected chi connectivity index (χ3v) is 2.49. The van der Waals surface area contributed by atoms with E-state index >= 15 is 0 Å². The molecule has 0 bridgehead atoms. The predicted octanol–water partition coefficient (Wildman–Crippen LogP) is 1.02. The third-order valence-electron chi connectivity index (χ3n) is 2.49. The maximum Gasteiger partial charge on any atom is 0.253 e. The summed E-state index contributed by atoms with van der Waals surface area (Å²) in [6.45, 7) is 8.91. The van der Waals surface area contributed by atoms with Crippen LogP contribution in [0.25, 0.3) is 0 Å². The molecule has 0 aliphatic carbocycles. The summed E-state index contributed by atoms with van der Waals surface area (Å²) < 4.78 is 0. The van der Waals surface area contributed by atoms with Crippen molar-refractivity contribution in [3.8, 4) is 0 Å². The number of carbonyl (C=O) groups excluding carboxylic acids is 1. The van der Waals surface area contributed by atoms with Gasteiger partial charge in [0.15, 0.2) is 0 Å². The quantitative estimate of drug-likeness (QED) is 0.662. The number of amides is 1. The molecule has 0 unspecified atom stereocenters. The zero-order valence-corrected chi connectivity index (χ0v) is 8.92. The fourth-order valence-electron chi connectivity index (χ4n) is 1.67. The molecule has 1 saturated heterocycles. The standard InChI is InChI=1S/C10H19NO2/c1-9(2)5-6-11(7-9)8(12)10(3,4)13/h13H,5-7H2,1-4H3. The number of hydrogen-bond acceptors (Lipinski definition) is 2. The van der Waals surface area contributed by atoms with Gasteiger partial charge in [-0.15, -0.1) is 0 Å². The van der Waals surface area contributed by atoms with Gasteiger partial charge in [-0.25, -0.2) is 0 Å². The van der Waals surface area contributed by atoms with E-state index in [1.165, 1.54) is 0 Å². The largest absolute Gasteiger partial charge is 0.381 e. The van der Waals surface area contributed by atoms with Gasteiger partial charge < -0.3 is 10.0 Å². The Morgan fingerprint density at radius 1 is 1.46 bits per heavy atom. The molecular formula is C10H19NO2. The van der Waals surface area contributed by atoms with Crippen LogP contribution in [0.1, 0.15) is 34.1 Å². The van der Waals surface area contributed by atoms with E-state index in [1.54, 1.807) is 18.7 Å². The van der Waals surface area contributed by atoms with Crippen LogP contribution < -0.4 is 0 Å². The first kappa shape index (κ1) is 10.5. The second kappa shape index (κ2) is 2.98. The molecule has 1 heterocycles. The maximum atomic E-state index is 11.6. The van der Waals surface area contributed by atoms with Crippen LogP contribution in [0.2, 0.25) is 0 Å². The number of hydrogen-bond donors (Lipinski definition) is 1. The van der Waals surface area contributed by atoms with Crippen LogP contribution in [0, 0.1) is 5.41 Å². The fourth-order valence-corrected chi connectivity index (χ4v) is 1.67. The Bertz CT molecular complexity index is 215. The van der Waals surface area contributed by atoms with Crippen LogP contribution in [0.5, 0.6) is 0 Å². The van der Waals surface area contributed by atoms with Gasteiger partial charge in [0.05, 0.1) is 0 Å². The molecule has 1 fully saturated rings. The Hall–Kier alpha value is -0.570.